The number of carbonyl (C=O) groups excluding carboxylic acids is 1. The van der Waals surface area contributed by atoms with Crippen LogP contribution < -0.4 is 4.90 Å². The molecular formula is C15H20N2O3S. The summed E-state index contributed by atoms with van der Waals surface area (Å²) >= 11 is 1.66. The number of unbranched alkanes of at least 4 members (excludes halogenated alkanes) is 1. The van der Waals surface area contributed by atoms with Gasteiger partial charge in [0.1, 0.15) is 0 Å². The van der Waals surface area contributed by atoms with Gasteiger partial charge in [0.15, 0.2) is 0 Å². The van der Waals surface area contributed by atoms with Crippen molar-refractivity contribution in [1.82, 2.24) is 0 Å². The molecule has 0 saturated heterocycles. The fraction of sp³-hybridized carbons (Fsp3) is 0.533. The average molecular weight is 308 g/mol. The van der Waals surface area contributed by atoms with Crippen LogP contribution in [0.2, 0.25) is 0 Å². The van der Waals surface area contributed by atoms with Crippen molar-refractivity contribution in [3.05, 3.63) is 33.9 Å². The standard InChI is InChI=1S/C15H20N2O3S/c1-3-4-9-21-11(2)15(18)16-8-7-12-5-6-13(17(19)20)10-14(12)16/h5-6,10-11H,3-4,7-9H2,1-2H3. The largest absolute Gasteiger partial charge is 0.311 e. The number of nitro benzene ring substituents is 1. The first-order valence-electron chi connectivity index (χ1n) is 7.25. The quantitative estimate of drug-likeness (QED) is 0.459. The first kappa shape index (κ1) is 15.8. The van der Waals surface area contributed by atoms with Crippen molar-refractivity contribution in [3.63, 3.8) is 0 Å². The molecule has 1 atom stereocenters. The Balaban J connectivity index is 2.12. The fourth-order valence-electron chi connectivity index (χ4n) is 2.41. The maximum atomic E-state index is 12.5. The average Bonchev–Trinajstić information content (AvgIpc) is 2.89. The summed E-state index contributed by atoms with van der Waals surface area (Å²) in [6.07, 6.45) is 2.99. The van der Waals surface area contributed by atoms with Crippen LogP contribution in [-0.2, 0) is 11.2 Å². The number of hydrogen-bond acceptors (Lipinski definition) is 4. The van der Waals surface area contributed by atoms with Gasteiger partial charge < -0.3 is 4.90 Å². The summed E-state index contributed by atoms with van der Waals surface area (Å²) in [4.78, 5) is 24.7. The van der Waals surface area contributed by atoms with Crippen LogP contribution in [0.25, 0.3) is 0 Å². The van der Waals surface area contributed by atoms with E-state index in [9.17, 15) is 14.9 Å². The third-order valence-corrected chi connectivity index (χ3v) is 4.88. The van der Waals surface area contributed by atoms with Gasteiger partial charge in [-0.2, -0.15) is 0 Å². The summed E-state index contributed by atoms with van der Waals surface area (Å²) in [6.45, 7) is 4.66. The highest BCUT2D eigenvalue weighted by Gasteiger charge is 2.29. The van der Waals surface area contributed by atoms with Crippen LogP contribution in [0.5, 0.6) is 0 Å². The zero-order chi connectivity index (χ0) is 15.4. The molecule has 6 heteroatoms. The highest BCUT2D eigenvalue weighted by Crippen LogP contribution is 2.33. The minimum atomic E-state index is -0.416. The number of fused-ring (bicyclic) bond motifs is 1. The normalized spacial score (nSPS) is 14.9. The third-order valence-electron chi connectivity index (χ3n) is 3.65. The SMILES string of the molecule is CCCCSC(C)C(=O)N1CCc2ccc([N+](=O)[O-])cc21. The molecule has 1 amide bonds. The molecule has 1 aromatic carbocycles. The van der Waals surface area contributed by atoms with Crippen molar-refractivity contribution in [2.24, 2.45) is 0 Å². The van der Waals surface area contributed by atoms with E-state index in [1.807, 2.05) is 6.92 Å². The van der Waals surface area contributed by atoms with Crippen LogP contribution in [0.1, 0.15) is 32.3 Å². The van der Waals surface area contributed by atoms with E-state index in [2.05, 4.69) is 6.92 Å². The molecule has 5 nitrogen and oxygen atoms in total. The van der Waals surface area contributed by atoms with E-state index in [-0.39, 0.29) is 16.8 Å². The van der Waals surface area contributed by atoms with Crippen LogP contribution in [0, 0.1) is 10.1 Å². The first-order chi connectivity index (χ1) is 10.0. The summed E-state index contributed by atoms with van der Waals surface area (Å²) < 4.78 is 0. The number of benzene rings is 1. The zero-order valence-corrected chi connectivity index (χ0v) is 13.2. The van der Waals surface area contributed by atoms with Crippen LogP contribution in [0.15, 0.2) is 18.2 Å². The van der Waals surface area contributed by atoms with E-state index in [4.69, 9.17) is 0 Å². The number of hydrogen-bond donors (Lipinski definition) is 0. The minimum absolute atomic E-state index is 0.0414. The van der Waals surface area contributed by atoms with Gasteiger partial charge in [-0.05, 0) is 31.1 Å². The summed E-state index contributed by atoms with van der Waals surface area (Å²) in [5.74, 6) is 1.02. The topological polar surface area (TPSA) is 63.5 Å². The van der Waals surface area contributed by atoms with Gasteiger partial charge in [-0.1, -0.05) is 19.4 Å². The molecule has 0 spiro atoms. The predicted octanol–water partition coefficient (Wildman–Crippen LogP) is 3.41. The summed E-state index contributed by atoms with van der Waals surface area (Å²) in [7, 11) is 0. The fourth-order valence-corrected chi connectivity index (χ4v) is 3.48. The van der Waals surface area contributed by atoms with Crippen molar-refractivity contribution < 1.29 is 9.72 Å². The molecule has 1 aliphatic rings. The molecule has 0 radical (unpaired) electrons. The van der Waals surface area contributed by atoms with Crippen molar-refractivity contribution in [2.45, 2.75) is 38.4 Å². The Kier molecular flexibility index (Phi) is 5.22. The van der Waals surface area contributed by atoms with Crippen LogP contribution in [0.3, 0.4) is 0 Å². The van der Waals surface area contributed by atoms with E-state index >= 15 is 0 Å². The summed E-state index contributed by atoms with van der Waals surface area (Å²) in [6, 6.07) is 4.78. The summed E-state index contributed by atoms with van der Waals surface area (Å²) in [5, 5.41) is 10.8. The Morgan fingerprint density at radius 3 is 2.95 bits per heavy atom. The maximum absolute atomic E-state index is 12.5. The number of nitrogens with zero attached hydrogens (tertiary/aromatic N) is 2. The van der Waals surface area contributed by atoms with E-state index in [1.54, 1.807) is 22.7 Å². The molecule has 0 aromatic heterocycles. The second kappa shape index (κ2) is 6.93. The van der Waals surface area contributed by atoms with Gasteiger partial charge in [-0.15, -0.1) is 11.8 Å². The van der Waals surface area contributed by atoms with E-state index in [0.29, 0.717) is 12.2 Å². The molecule has 0 N–H and O–H groups in total. The predicted molar refractivity (Wildman–Crippen MR) is 86.0 cm³/mol. The monoisotopic (exact) mass is 308 g/mol. The van der Waals surface area contributed by atoms with Crippen LogP contribution >= 0.6 is 11.8 Å². The molecule has 114 valence electrons. The number of amides is 1. The smallest absolute Gasteiger partial charge is 0.271 e. The highest BCUT2D eigenvalue weighted by atomic mass is 32.2. The van der Waals surface area contributed by atoms with Gasteiger partial charge in [-0.25, -0.2) is 0 Å². The molecule has 1 unspecified atom stereocenters. The molecule has 0 bridgehead atoms. The highest BCUT2D eigenvalue weighted by molar-refractivity contribution is 8.00. The maximum Gasteiger partial charge on any atom is 0.271 e. The minimum Gasteiger partial charge on any atom is -0.311 e. The lowest BCUT2D eigenvalue weighted by Crippen LogP contribution is -2.35. The Bertz CT molecular complexity index is 548. The molecule has 21 heavy (non-hydrogen) atoms. The van der Waals surface area contributed by atoms with Crippen LogP contribution in [-0.4, -0.2) is 28.4 Å². The van der Waals surface area contributed by atoms with E-state index in [0.717, 1.165) is 30.6 Å². The van der Waals surface area contributed by atoms with Crippen molar-refractivity contribution in [2.75, 3.05) is 17.2 Å². The Morgan fingerprint density at radius 1 is 1.52 bits per heavy atom. The Labute approximate surface area is 128 Å². The number of nitro groups is 1. The van der Waals surface area contributed by atoms with Gasteiger partial charge in [-0.3, -0.25) is 14.9 Å². The number of non-ortho nitro benzene ring substituents is 1. The number of rotatable bonds is 6. The first-order valence-corrected chi connectivity index (χ1v) is 8.29. The van der Waals surface area contributed by atoms with E-state index < -0.39 is 4.92 Å². The van der Waals surface area contributed by atoms with Crippen LogP contribution in [0.4, 0.5) is 11.4 Å². The lowest BCUT2D eigenvalue weighted by molar-refractivity contribution is -0.384. The van der Waals surface area contributed by atoms with Gasteiger partial charge in [0.2, 0.25) is 5.91 Å². The molecule has 0 aliphatic carbocycles. The van der Waals surface area contributed by atoms with E-state index in [1.165, 1.54) is 12.1 Å². The lowest BCUT2D eigenvalue weighted by atomic mass is 10.1. The zero-order valence-electron chi connectivity index (χ0n) is 12.4. The summed E-state index contributed by atoms with van der Waals surface area (Å²) in [5.41, 5.74) is 1.76. The van der Waals surface area contributed by atoms with Gasteiger partial charge in [0, 0.05) is 18.7 Å². The third kappa shape index (κ3) is 3.56. The lowest BCUT2D eigenvalue weighted by Gasteiger charge is -2.21. The Hall–Kier alpha value is -1.56. The molecule has 0 saturated carbocycles. The number of thioether (sulfide) groups is 1. The molecule has 0 fully saturated rings. The molecule has 1 aromatic rings. The number of carbonyl (C=O) groups is 1. The van der Waals surface area contributed by atoms with Crippen molar-refractivity contribution >= 4 is 29.0 Å². The second-order valence-electron chi connectivity index (χ2n) is 5.18. The molecule has 1 aliphatic heterocycles. The molecule has 1 heterocycles. The molecule has 2 rings (SSSR count). The van der Waals surface area contributed by atoms with Gasteiger partial charge >= 0.3 is 0 Å². The number of anilines is 1. The Morgan fingerprint density at radius 2 is 2.29 bits per heavy atom. The van der Waals surface area contributed by atoms with Gasteiger partial charge in [0.25, 0.3) is 5.69 Å². The van der Waals surface area contributed by atoms with Crippen molar-refractivity contribution in [1.29, 1.82) is 0 Å². The molecular weight excluding hydrogens is 288 g/mol. The second-order valence-corrected chi connectivity index (χ2v) is 6.63. The van der Waals surface area contributed by atoms with Crippen molar-refractivity contribution in [3.8, 4) is 0 Å². The van der Waals surface area contributed by atoms with Gasteiger partial charge in [0.05, 0.1) is 15.9 Å².